The van der Waals surface area contributed by atoms with Crippen LogP contribution in [0.1, 0.15) is 5.56 Å². The molecule has 0 spiro atoms. The van der Waals surface area contributed by atoms with Crippen molar-refractivity contribution in [3.63, 3.8) is 0 Å². The molecule has 0 heterocycles. The van der Waals surface area contributed by atoms with Crippen molar-refractivity contribution in [3.8, 4) is 11.5 Å². The van der Waals surface area contributed by atoms with E-state index in [2.05, 4.69) is 0 Å². The van der Waals surface area contributed by atoms with Gasteiger partial charge in [0.25, 0.3) is 0 Å². The van der Waals surface area contributed by atoms with Crippen molar-refractivity contribution < 1.29 is 19.1 Å². The van der Waals surface area contributed by atoms with Crippen LogP contribution in [0.2, 0.25) is 10.0 Å². The molecule has 4 nitrogen and oxygen atoms in total. The van der Waals surface area contributed by atoms with E-state index in [0.717, 1.165) is 17.7 Å². The lowest BCUT2D eigenvalue weighted by atomic mass is 10.1. The van der Waals surface area contributed by atoms with Gasteiger partial charge in [-0.15, -0.1) is 0 Å². The zero-order valence-electron chi connectivity index (χ0n) is 13.2. The summed E-state index contributed by atoms with van der Waals surface area (Å²) >= 11 is 18.1. The van der Waals surface area contributed by atoms with Gasteiger partial charge in [-0.05, 0) is 5.56 Å². The van der Waals surface area contributed by atoms with Crippen LogP contribution in [-0.2, 0) is 16.2 Å². The van der Waals surface area contributed by atoms with E-state index in [9.17, 15) is 9.59 Å². The van der Waals surface area contributed by atoms with Gasteiger partial charge in [-0.1, -0.05) is 65.1 Å². The Morgan fingerprint density at radius 2 is 1.54 bits per heavy atom. The van der Waals surface area contributed by atoms with E-state index < -0.39 is 11.6 Å². The van der Waals surface area contributed by atoms with Crippen molar-refractivity contribution in [1.82, 2.24) is 0 Å². The number of Topliss-reactive ketones (excluding diaryl/α,β-unsaturated/α-hetero) is 1. The maximum atomic E-state index is 12.0. The third-order valence-electron chi connectivity index (χ3n) is 3.42. The largest absolute Gasteiger partial charge is 0.489 e. The number of benzene rings is 2. The highest BCUT2D eigenvalue weighted by molar-refractivity contribution is 6.47. The summed E-state index contributed by atoms with van der Waals surface area (Å²) in [4.78, 5) is 23.5. The number of hydrogen-bond acceptors (Lipinski definition) is 4. The fourth-order valence-electron chi connectivity index (χ4n) is 2.19. The van der Waals surface area contributed by atoms with Crippen LogP contribution in [-0.4, -0.2) is 11.6 Å². The van der Waals surface area contributed by atoms with Gasteiger partial charge in [-0.2, -0.15) is 0 Å². The van der Waals surface area contributed by atoms with Gasteiger partial charge >= 0.3 is 0 Å². The normalized spacial score (nSPS) is 14.0. The molecule has 0 amide bonds. The first-order valence-electron chi connectivity index (χ1n) is 7.45. The number of ketones is 2. The molecule has 0 aromatic heterocycles. The Morgan fingerprint density at radius 1 is 0.885 bits per heavy atom. The van der Waals surface area contributed by atoms with Crippen molar-refractivity contribution in [2.45, 2.75) is 6.61 Å². The number of hydrogen-bond donors (Lipinski definition) is 0. The van der Waals surface area contributed by atoms with Gasteiger partial charge in [0.1, 0.15) is 12.4 Å². The zero-order valence-corrected chi connectivity index (χ0v) is 15.4. The molecule has 0 radical (unpaired) electrons. The van der Waals surface area contributed by atoms with E-state index in [4.69, 9.17) is 44.3 Å². The van der Waals surface area contributed by atoms with E-state index in [0.29, 0.717) is 12.4 Å². The maximum absolute atomic E-state index is 12.0. The van der Waals surface area contributed by atoms with E-state index in [1.165, 1.54) is 12.1 Å². The molecule has 2 aromatic rings. The Morgan fingerprint density at radius 3 is 2.19 bits per heavy atom. The molecule has 0 aliphatic heterocycles. The zero-order chi connectivity index (χ0) is 18.7. The lowest BCUT2D eigenvalue weighted by Gasteiger charge is -2.15. The van der Waals surface area contributed by atoms with Gasteiger partial charge in [0.05, 0.1) is 15.1 Å². The van der Waals surface area contributed by atoms with Gasteiger partial charge in [-0.3, -0.25) is 9.59 Å². The van der Waals surface area contributed by atoms with E-state index in [-0.39, 0.29) is 26.6 Å². The topological polar surface area (TPSA) is 52.6 Å². The van der Waals surface area contributed by atoms with E-state index in [1.54, 1.807) is 0 Å². The van der Waals surface area contributed by atoms with Crippen molar-refractivity contribution >= 4 is 46.4 Å². The number of rotatable bonds is 5. The molecule has 0 bridgehead atoms. The SMILES string of the molecule is O=C1C=C(Cl)C(=O)C(Oc2c(Cl)cc(OCc3ccccc3)cc2Cl)=C1. The second-order valence-electron chi connectivity index (χ2n) is 5.32. The molecule has 0 fully saturated rings. The van der Waals surface area contributed by atoms with Crippen LogP contribution in [0, 0.1) is 0 Å². The summed E-state index contributed by atoms with van der Waals surface area (Å²) in [5.41, 5.74) is 0.984. The average Bonchev–Trinajstić information content (AvgIpc) is 2.61. The van der Waals surface area contributed by atoms with E-state index in [1.807, 2.05) is 30.3 Å². The van der Waals surface area contributed by atoms with Gasteiger partial charge < -0.3 is 9.47 Å². The summed E-state index contributed by atoms with van der Waals surface area (Å²) in [6.07, 6.45) is 2.04. The fraction of sp³-hybridized carbons (Fsp3) is 0.0526. The minimum atomic E-state index is -0.622. The Kier molecular flexibility index (Phi) is 5.67. The van der Waals surface area contributed by atoms with Gasteiger partial charge in [0, 0.05) is 24.3 Å². The third-order valence-corrected chi connectivity index (χ3v) is 4.26. The minimum Gasteiger partial charge on any atom is -0.489 e. The van der Waals surface area contributed by atoms with Crippen molar-refractivity contribution in [2.24, 2.45) is 0 Å². The Balaban J connectivity index is 1.77. The highest BCUT2D eigenvalue weighted by Gasteiger charge is 2.24. The molecule has 1 aliphatic carbocycles. The second-order valence-corrected chi connectivity index (χ2v) is 6.55. The maximum Gasteiger partial charge on any atom is 0.239 e. The van der Waals surface area contributed by atoms with Crippen LogP contribution in [0.4, 0.5) is 0 Å². The first kappa shape index (κ1) is 18.5. The monoisotopic (exact) mass is 408 g/mol. The summed E-state index contributed by atoms with van der Waals surface area (Å²) in [6.45, 7) is 0.340. The molecule has 0 saturated carbocycles. The molecule has 2 aromatic carbocycles. The number of halogens is 3. The summed E-state index contributed by atoms with van der Waals surface area (Å²) in [7, 11) is 0. The average molecular weight is 410 g/mol. The van der Waals surface area contributed by atoms with Crippen LogP contribution >= 0.6 is 34.8 Å². The predicted octanol–water partition coefficient (Wildman–Crippen LogP) is 5.11. The Labute approximate surface area is 164 Å². The third kappa shape index (κ3) is 4.28. The molecule has 132 valence electrons. The first-order valence-corrected chi connectivity index (χ1v) is 8.58. The number of ether oxygens (including phenoxy) is 2. The van der Waals surface area contributed by atoms with Crippen molar-refractivity contribution in [3.05, 3.63) is 81.0 Å². The Bertz CT molecular complexity index is 910. The molecule has 7 heteroatoms. The second kappa shape index (κ2) is 7.96. The molecular weight excluding hydrogens is 399 g/mol. The number of carbonyl (C=O) groups is 2. The van der Waals surface area contributed by atoms with Gasteiger partial charge in [-0.25, -0.2) is 0 Å². The van der Waals surface area contributed by atoms with Crippen LogP contribution in [0.25, 0.3) is 0 Å². The number of carbonyl (C=O) groups excluding carboxylic acids is 2. The minimum absolute atomic E-state index is 0.0409. The predicted molar refractivity (Wildman–Crippen MR) is 99.9 cm³/mol. The first-order chi connectivity index (χ1) is 12.4. The molecular formula is C19H11Cl3O4. The molecule has 0 saturated heterocycles. The number of allylic oxidation sites excluding steroid dienone is 3. The molecule has 0 unspecified atom stereocenters. The van der Waals surface area contributed by atoms with E-state index >= 15 is 0 Å². The summed E-state index contributed by atoms with van der Waals surface area (Å²) in [5, 5.41) is 0.0299. The highest BCUT2D eigenvalue weighted by atomic mass is 35.5. The molecule has 0 atom stereocenters. The lowest BCUT2D eigenvalue weighted by Crippen LogP contribution is -2.16. The van der Waals surface area contributed by atoms with Gasteiger partial charge in [0.2, 0.25) is 5.78 Å². The van der Waals surface area contributed by atoms with Crippen LogP contribution in [0.15, 0.2) is 65.4 Å². The molecule has 26 heavy (non-hydrogen) atoms. The quantitative estimate of drug-likeness (QED) is 0.644. The highest BCUT2D eigenvalue weighted by Crippen LogP contribution is 2.38. The summed E-state index contributed by atoms with van der Waals surface area (Å²) < 4.78 is 11.1. The van der Waals surface area contributed by atoms with Crippen LogP contribution in [0.5, 0.6) is 11.5 Å². The lowest BCUT2D eigenvalue weighted by molar-refractivity contribution is -0.116. The Hall–Kier alpha value is -2.27. The summed E-state index contributed by atoms with van der Waals surface area (Å²) in [5.74, 6) is -0.847. The summed E-state index contributed by atoms with van der Waals surface area (Å²) in [6, 6.07) is 12.6. The van der Waals surface area contributed by atoms with Crippen LogP contribution in [0.3, 0.4) is 0 Å². The van der Waals surface area contributed by atoms with Crippen molar-refractivity contribution in [2.75, 3.05) is 0 Å². The van der Waals surface area contributed by atoms with Gasteiger partial charge in [0.15, 0.2) is 17.3 Å². The fourth-order valence-corrected chi connectivity index (χ4v) is 2.93. The smallest absolute Gasteiger partial charge is 0.239 e. The standard InChI is InChI=1S/C19H11Cl3O4/c20-14-6-12(23)7-17(18(14)24)26-19-15(21)8-13(9-16(19)22)25-10-11-4-2-1-3-5-11/h1-9H,10H2. The molecule has 3 rings (SSSR count). The van der Waals surface area contributed by atoms with Crippen LogP contribution < -0.4 is 9.47 Å². The molecule has 1 aliphatic rings. The van der Waals surface area contributed by atoms with Crippen molar-refractivity contribution in [1.29, 1.82) is 0 Å². The molecule has 0 N–H and O–H groups in total.